The summed E-state index contributed by atoms with van der Waals surface area (Å²) in [6, 6.07) is 5.01. The highest BCUT2D eigenvalue weighted by Crippen LogP contribution is 2.37. The highest BCUT2D eigenvalue weighted by atomic mass is 32.1. The van der Waals surface area contributed by atoms with Gasteiger partial charge in [-0.1, -0.05) is 19.9 Å². The summed E-state index contributed by atoms with van der Waals surface area (Å²) in [5.41, 5.74) is 1.24. The molecule has 0 radical (unpaired) electrons. The number of nitrogens with one attached hydrogen (secondary N) is 1. The molecule has 4 heteroatoms. The van der Waals surface area contributed by atoms with Gasteiger partial charge in [0, 0.05) is 29.1 Å². The van der Waals surface area contributed by atoms with Crippen molar-refractivity contribution < 1.29 is 0 Å². The molecule has 3 nitrogen and oxygen atoms in total. The number of anilines is 1. The first-order valence-electron chi connectivity index (χ1n) is 6.89. The third kappa shape index (κ3) is 2.68. The largest absolute Gasteiger partial charge is 0.355 e. The smallest absolute Gasteiger partial charge is 0.203 e. The molecule has 1 saturated carbocycles. The molecular weight excluding hydrogens is 254 g/mol. The van der Waals surface area contributed by atoms with Crippen LogP contribution in [0.15, 0.2) is 23.7 Å². The third-order valence-electron chi connectivity index (χ3n) is 3.67. The van der Waals surface area contributed by atoms with E-state index in [2.05, 4.69) is 59.3 Å². The van der Waals surface area contributed by atoms with Crippen LogP contribution in [0.2, 0.25) is 0 Å². The van der Waals surface area contributed by atoms with Gasteiger partial charge in [-0.2, -0.15) is 0 Å². The topological polar surface area (TPSA) is 29.9 Å². The maximum absolute atomic E-state index is 4.61. The fourth-order valence-corrected chi connectivity index (χ4v) is 3.18. The van der Waals surface area contributed by atoms with E-state index in [1.165, 1.54) is 17.7 Å². The molecule has 0 spiro atoms. The predicted molar refractivity (Wildman–Crippen MR) is 81.1 cm³/mol. The van der Waals surface area contributed by atoms with Gasteiger partial charge in [0.25, 0.3) is 0 Å². The molecule has 1 N–H and O–H groups in total. The number of hydrogen-bond acceptors (Lipinski definition) is 3. The molecule has 0 saturated heterocycles. The summed E-state index contributed by atoms with van der Waals surface area (Å²) in [5, 5.41) is 5.69. The summed E-state index contributed by atoms with van der Waals surface area (Å²) < 4.78 is 2.31. The molecule has 1 aliphatic rings. The van der Waals surface area contributed by atoms with Crippen LogP contribution in [-0.2, 0) is 5.41 Å². The van der Waals surface area contributed by atoms with Crippen molar-refractivity contribution in [2.45, 2.75) is 45.1 Å². The molecule has 0 aromatic carbocycles. The normalized spacial score (nSPS) is 15.7. The lowest BCUT2D eigenvalue weighted by Gasteiger charge is -2.24. The average molecular weight is 275 g/mol. The van der Waals surface area contributed by atoms with Gasteiger partial charge in [0.15, 0.2) is 0 Å². The molecule has 0 amide bonds. The summed E-state index contributed by atoms with van der Waals surface area (Å²) in [6.07, 6.45) is 4.75. The van der Waals surface area contributed by atoms with Crippen molar-refractivity contribution in [2.24, 2.45) is 0 Å². The Morgan fingerprint density at radius 1 is 1.47 bits per heavy atom. The number of thiophene rings is 1. The van der Waals surface area contributed by atoms with Crippen molar-refractivity contribution in [3.63, 3.8) is 0 Å². The van der Waals surface area contributed by atoms with Gasteiger partial charge in [0.05, 0.1) is 5.69 Å². The second-order valence-corrected chi connectivity index (χ2v) is 7.01. The molecule has 2 aromatic rings. The van der Waals surface area contributed by atoms with Gasteiger partial charge in [-0.05, 0) is 31.2 Å². The van der Waals surface area contributed by atoms with Gasteiger partial charge in [-0.3, -0.25) is 0 Å². The molecule has 1 aliphatic carbocycles. The fraction of sp³-hybridized carbons (Fsp3) is 0.533. The number of rotatable bonds is 5. The van der Waals surface area contributed by atoms with Gasteiger partial charge in [0.1, 0.15) is 0 Å². The Bertz CT molecular complexity index is 550. The molecule has 19 heavy (non-hydrogen) atoms. The second kappa shape index (κ2) is 4.67. The van der Waals surface area contributed by atoms with Crippen LogP contribution in [0.3, 0.4) is 0 Å². The van der Waals surface area contributed by atoms with E-state index in [-0.39, 0.29) is 5.41 Å². The maximum Gasteiger partial charge on any atom is 0.203 e. The van der Waals surface area contributed by atoms with E-state index in [1.807, 2.05) is 11.3 Å². The Morgan fingerprint density at radius 2 is 2.26 bits per heavy atom. The van der Waals surface area contributed by atoms with Gasteiger partial charge in [0.2, 0.25) is 5.95 Å². The second-order valence-electron chi connectivity index (χ2n) is 6.06. The minimum absolute atomic E-state index is 0.141. The average Bonchev–Trinajstić information content (AvgIpc) is 2.90. The Balaban J connectivity index is 1.72. The lowest BCUT2D eigenvalue weighted by Crippen LogP contribution is -2.27. The van der Waals surface area contributed by atoms with Crippen molar-refractivity contribution in [3.05, 3.63) is 34.3 Å². The minimum atomic E-state index is 0.141. The molecule has 2 heterocycles. The van der Waals surface area contributed by atoms with Crippen LogP contribution in [0.25, 0.3) is 0 Å². The Hall–Kier alpha value is -1.29. The molecule has 0 bridgehead atoms. The minimum Gasteiger partial charge on any atom is -0.355 e. The van der Waals surface area contributed by atoms with Crippen molar-refractivity contribution in [3.8, 4) is 0 Å². The molecule has 1 fully saturated rings. The zero-order chi connectivity index (χ0) is 13.5. The van der Waals surface area contributed by atoms with E-state index in [0.29, 0.717) is 6.04 Å². The van der Waals surface area contributed by atoms with Crippen LogP contribution in [-0.4, -0.2) is 16.1 Å². The van der Waals surface area contributed by atoms with Crippen molar-refractivity contribution >= 4 is 17.3 Å². The summed E-state index contributed by atoms with van der Waals surface area (Å²) in [5.74, 6) is 1.03. The predicted octanol–water partition coefficient (Wildman–Crippen LogP) is 3.98. The summed E-state index contributed by atoms with van der Waals surface area (Å²) in [7, 11) is 0. The lowest BCUT2D eigenvalue weighted by atomic mass is 9.91. The van der Waals surface area contributed by atoms with Crippen LogP contribution < -0.4 is 5.32 Å². The summed E-state index contributed by atoms with van der Waals surface area (Å²) in [6.45, 7) is 7.54. The highest BCUT2D eigenvalue weighted by Gasteiger charge is 2.27. The maximum atomic E-state index is 4.61. The summed E-state index contributed by atoms with van der Waals surface area (Å²) in [4.78, 5) is 6.03. The molecule has 0 aliphatic heterocycles. The fourth-order valence-electron chi connectivity index (χ4n) is 2.33. The third-order valence-corrected chi connectivity index (χ3v) is 4.91. The van der Waals surface area contributed by atoms with E-state index >= 15 is 0 Å². The van der Waals surface area contributed by atoms with E-state index in [0.717, 1.165) is 18.2 Å². The van der Waals surface area contributed by atoms with Crippen molar-refractivity contribution in [1.82, 2.24) is 9.55 Å². The van der Waals surface area contributed by atoms with Crippen LogP contribution in [0.1, 0.15) is 43.3 Å². The first-order chi connectivity index (χ1) is 9.06. The van der Waals surface area contributed by atoms with E-state index in [9.17, 15) is 0 Å². The van der Waals surface area contributed by atoms with Gasteiger partial charge in [-0.15, -0.1) is 11.3 Å². The van der Waals surface area contributed by atoms with Gasteiger partial charge >= 0.3 is 0 Å². The first-order valence-corrected chi connectivity index (χ1v) is 7.77. The highest BCUT2D eigenvalue weighted by molar-refractivity contribution is 7.10. The van der Waals surface area contributed by atoms with Gasteiger partial charge < -0.3 is 9.88 Å². The molecular formula is C15H21N3S. The zero-order valence-corrected chi connectivity index (χ0v) is 12.6. The number of aryl methyl sites for hydroxylation is 1. The van der Waals surface area contributed by atoms with Crippen molar-refractivity contribution in [2.75, 3.05) is 11.9 Å². The zero-order valence-electron chi connectivity index (χ0n) is 11.8. The lowest BCUT2D eigenvalue weighted by molar-refractivity contribution is 0.563. The molecule has 0 atom stereocenters. The number of imidazole rings is 1. The standard InChI is InChI=1S/C15H21N3S/c1-11-9-18(12-6-7-12)14(17-11)16-10-15(2,3)13-5-4-8-19-13/h4-5,8-9,12H,6-7,10H2,1-3H3,(H,16,17). The number of aromatic nitrogens is 2. The van der Waals surface area contributed by atoms with E-state index in [1.54, 1.807) is 0 Å². The monoisotopic (exact) mass is 275 g/mol. The molecule has 3 rings (SSSR count). The van der Waals surface area contributed by atoms with Crippen LogP contribution >= 0.6 is 11.3 Å². The summed E-state index contributed by atoms with van der Waals surface area (Å²) >= 11 is 1.83. The van der Waals surface area contributed by atoms with Crippen LogP contribution in [0.4, 0.5) is 5.95 Å². The van der Waals surface area contributed by atoms with Gasteiger partial charge in [-0.25, -0.2) is 4.98 Å². The Labute approximate surface area is 118 Å². The number of hydrogen-bond donors (Lipinski definition) is 1. The molecule has 0 unspecified atom stereocenters. The SMILES string of the molecule is Cc1cn(C2CC2)c(NCC(C)(C)c2cccs2)n1. The molecule has 2 aromatic heterocycles. The quantitative estimate of drug-likeness (QED) is 0.894. The van der Waals surface area contributed by atoms with Crippen LogP contribution in [0.5, 0.6) is 0 Å². The molecule has 102 valence electrons. The Kier molecular flexibility index (Phi) is 3.13. The van der Waals surface area contributed by atoms with Crippen molar-refractivity contribution in [1.29, 1.82) is 0 Å². The van der Waals surface area contributed by atoms with Crippen LogP contribution in [0, 0.1) is 6.92 Å². The van der Waals surface area contributed by atoms with E-state index < -0.39 is 0 Å². The van der Waals surface area contributed by atoms with E-state index in [4.69, 9.17) is 0 Å². The number of nitrogens with zero attached hydrogens (tertiary/aromatic N) is 2. The first kappa shape index (κ1) is 12.7. The Morgan fingerprint density at radius 3 is 2.89 bits per heavy atom.